The van der Waals surface area contributed by atoms with Gasteiger partial charge in [0.25, 0.3) is 0 Å². The van der Waals surface area contributed by atoms with Crippen molar-refractivity contribution in [3.05, 3.63) is 46.4 Å². The van der Waals surface area contributed by atoms with Crippen LogP contribution in [0.25, 0.3) is 0 Å². The van der Waals surface area contributed by atoms with Gasteiger partial charge in [-0.1, -0.05) is 6.07 Å². The van der Waals surface area contributed by atoms with E-state index in [1.54, 1.807) is 35.0 Å². The number of methoxy groups -OCH3 is 2. The van der Waals surface area contributed by atoms with E-state index in [9.17, 15) is 9.59 Å². The fourth-order valence-corrected chi connectivity index (χ4v) is 3.51. The summed E-state index contributed by atoms with van der Waals surface area (Å²) in [6.45, 7) is 5.27. The number of furan rings is 1. The molecule has 1 unspecified atom stereocenters. The third kappa shape index (κ3) is 3.56. The molecule has 1 aliphatic carbocycles. The fraction of sp³-hybridized carbons (Fsp3) is 0.429. The molecule has 27 heavy (non-hydrogen) atoms. The number of rotatable bonds is 5. The normalized spacial score (nSPS) is 16.2. The molecule has 0 spiro atoms. The third-order valence-electron chi connectivity index (χ3n) is 4.77. The molecule has 2 aromatic rings. The maximum atomic E-state index is 12.8. The van der Waals surface area contributed by atoms with Gasteiger partial charge in [-0.3, -0.25) is 4.79 Å². The molecule has 1 aromatic carbocycles. The molecule has 0 fully saturated rings. The zero-order chi connectivity index (χ0) is 19.7. The van der Waals surface area contributed by atoms with Crippen LogP contribution in [0.1, 0.15) is 64.0 Å². The van der Waals surface area contributed by atoms with Crippen molar-refractivity contribution in [2.45, 2.75) is 45.6 Å². The van der Waals surface area contributed by atoms with Gasteiger partial charge in [0.05, 0.1) is 25.9 Å². The molecular weight excluding hydrogens is 348 g/mol. The van der Waals surface area contributed by atoms with Crippen LogP contribution in [-0.4, -0.2) is 32.1 Å². The topological polar surface area (TPSA) is 75.0 Å². The summed E-state index contributed by atoms with van der Waals surface area (Å²) in [5, 5.41) is 0. The summed E-state index contributed by atoms with van der Waals surface area (Å²) in [7, 11) is 3.16. The van der Waals surface area contributed by atoms with E-state index < -0.39 is 5.97 Å². The second-order valence-electron chi connectivity index (χ2n) is 6.95. The van der Waals surface area contributed by atoms with Crippen molar-refractivity contribution in [3.63, 3.8) is 0 Å². The number of carbonyl (C=O) groups excluding carboxylic acids is 2. The van der Waals surface area contributed by atoms with Gasteiger partial charge in [0.1, 0.15) is 5.76 Å². The van der Waals surface area contributed by atoms with Gasteiger partial charge in [0, 0.05) is 18.4 Å². The van der Waals surface area contributed by atoms with Gasteiger partial charge in [-0.05, 0) is 44.4 Å². The van der Waals surface area contributed by atoms with Crippen molar-refractivity contribution in [2.24, 2.45) is 0 Å². The maximum absolute atomic E-state index is 12.8. The number of carbonyl (C=O) groups is 2. The summed E-state index contributed by atoms with van der Waals surface area (Å²) < 4.78 is 21.6. The smallest absolute Gasteiger partial charge is 0.374 e. The number of esters is 1. The van der Waals surface area contributed by atoms with E-state index in [2.05, 4.69) is 0 Å². The van der Waals surface area contributed by atoms with Gasteiger partial charge < -0.3 is 18.6 Å². The summed E-state index contributed by atoms with van der Waals surface area (Å²) in [5.41, 5.74) is 2.04. The van der Waals surface area contributed by atoms with Crippen molar-refractivity contribution in [3.8, 4) is 11.5 Å². The Hall–Kier alpha value is -2.76. The van der Waals surface area contributed by atoms with E-state index in [4.69, 9.17) is 18.6 Å². The summed E-state index contributed by atoms with van der Waals surface area (Å²) in [6, 6.07) is 5.63. The van der Waals surface area contributed by atoms with Crippen molar-refractivity contribution < 1.29 is 28.2 Å². The Morgan fingerprint density at radius 1 is 1.15 bits per heavy atom. The van der Waals surface area contributed by atoms with E-state index >= 15 is 0 Å². The molecule has 1 aromatic heterocycles. The molecule has 144 valence electrons. The summed E-state index contributed by atoms with van der Waals surface area (Å²) in [6.07, 6.45) is 0.627. The Bertz CT molecular complexity index is 877. The number of Topliss-reactive ketones (excluding diaryl/α,β-unsaturated/α-hetero) is 1. The lowest BCUT2D eigenvalue weighted by Crippen LogP contribution is -2.18. The minimum Gasteiger partial charge on any atom is -0.493 e. The van der Waals surface area contributed by atoms with Crippen LogP contribution in [-0.2, 0) is 11.2 Å². The summed E-state index contributed by atoms with van der Waals surface area (Å²) in [4.78, 5) is 25.0. The van der Waals surface area contributed by atoms with Crippen LogP contribution in [0.3, 0.4) is 0 Å². The monoisotopic (exact) mass is 372 g/mol. The average Bonchev–Trinajstić information content (AvgIpc) is 2.97. The van der Waals surface area contributed by atoms with Crippen molar-refractivity contribution in [2.75, 3.05) is 14.2 Å². The highest BCUT2D eigenvalue weighted by molar-refractivity contribution is 6.03. The van der Waals surface area contributed by atoms with Crippen LogP contribution < -0.4 is 9.47 Å². The molecule has 1 aliphatic rings. The highest BCUT2D eigenvalue weighted by Gasteiger charge is 2.34. The number of hydrogen-bond donors (Lipinski definition) is 0. The van der Waals surface area contributed by atoms with Gasteiger partial charge in [-0.2, -0.15) is 0 Å². The first-order valence-corrected chi connectivity index (χ1v) is 8.94. The predicted molar refractivity (Wildman–Crippen MR) is 98.9 cm³/mol. The largest absolute Gasteiger partial charge is 0.493 e. The van der Waals surface area contributed by atoms with Gasteiger partial charge in [0.2, 0.25) is 5.76 Å². The van der Waals surface area contributed by atoms with Crippen LogP contribution in [0, 0.1) is 6.92 Å². The molecule has 0 radical (unpaired) electrons. The molecular formula is C21H24O6. The number of ketones is 1. The molecule has 0 bridgehead atoms. The highest BCUT2D eigenvalue weighted by Crippen LogP contribution is 2.39. The van der Waals surface area contributed by atoms with Gasteiger partial charge in [-0.25, -0.2) is 4.79 Å². The van der Waals surface area contributed by atoms with Gasteiger partial charge >= 0.3 is 5.97 Å². The molecule has 6 heteroatoms. The Kier molecular flexibility index (Phi) is 5.26. The van der Waals surface area contributed by atoms with Crippen LogP contribution in [0.2, 0.25) is 0 Å². The first-order valence-electron chi connectivity index (χ1n) is 8.94. The first kappa shape index (κ1) is 19.0. The van der Waals surface area contributed by atoms with E-state index in [0.29, 0.717) is 41.2 Å². The zero-order valence-electron chi connectivity index (χ0n) is 16.3. The molecule has 6 nitrogen and oxygen atoms in total. The molecule has 0 N–H and O–H groups in total. The minimum atomic E-state index is -0.535. The molecule has 3 rings (SSSR count). The van der Waals surface area contributed by atoms with E-state index in [0.717, 1.165) is 5.56 Å². The van der Waals surface area contributed by atoms with Crippen LogP contribution in [0.5, 0.6) is 11.5 Å². The Balaban J connectivity index is 1.93. The fourth-order valence-electron chi connectivity index (χ4n) is 3.51. The second-order valence-corrected chi connectivity index (χ2v) is 6.95. The van der Waals surface area contributed by atoms with Crippen LogP contribution in [0.4, 0.5) is 0 Å². The van der Waals surface area contributed by atoms with Crippen LogP contribution in [0.15, 0.2) is 22.6 Å². The first-order chi connectivity index (χ1) is 12.8. The van der Waals surface area contributed by atoms with Gasteiger partial charge in [0.15, 0.2) is 17.3 Å². The molecule has 0 saturated carbocycles. The zero-order valence-corrected chi connectivity index (χ0v) is 16.3. The molecule has 1 atom stereocenters. The number of benzene rings is 1. The molecule has 0 saturated heterocycles. The van der Waals surface area contributed by atoms with Crippen molar-refractivity contribution in [1.82, 2.24) is 0 Å². The molecule has 0 aliphatic heterocycles. The Morgan fingerprint density at radius 3 is 2.48 bits per heavy atom. The predicted octanol–water partition coefficient (Wildman–Crippen LogP) is 4.08. The van der Waals surface area contributed by atoms with E-state index in [1.807, 2.05) is 18.2 Å². The average molecular weight is 372 g/mol. The van der Waals surface area contributed by atoms with E-state index in [-0.39, 0.29) is 23.6 Å². The Labute approximate surface area is 158 Å². The third-order valence-corrected chi connectivity index (χ3v) is 4.77. The van der Waals surface area contributed by atoms with Gasteiger partial charge in [-0.15, -0.1) is 0 Å². The number of hydrogen-bond acceptors (Lipinski definition) is 6. The minimum absolute atomic E-state index is 0.0270. The second kappa shape index (κ2) is 7.47. The van der Waals surface area contributed by atoms with E-state index in [1.165, 1.54) is 0 Å². The summed E-state index contributed by atoms with van der Waals surface area (Å²) in [5.74, 6) is 1.30. The van der Waals surface area contributed by atoms with Crippen molar-refractivity contribution in [1.29, 1.82) is 0 Å². The van der Waals surface area contributed by atoms with Crippen molar-refractivity contribution >= 4 is 11.8 Å². The standard InChI is InChI=1S/C21H24O6/c1-11(2)26-21(23)20-12(3)19-15(22)8-14(10-18(19)27-20)13-6-7-16(24-4)17(9-13)25-5/h6-7,9,11,14H,8,10H2,1-5H3. The summed E-state index contributed by atoms with van der Waals surface area (Å²) >= 11 is 0. The number of fused-ring (bicyclic) bond motifs is 1. The lowest BCUT2D eigenvalue weighted by molar-refractivity contribution is 0.0338. The number of ether oxygens (including phenoxy) is 3. The Morgan fingerprint density at radius 2 is 1.85 bits per heavy atom. The lowest BCUT2D eigenvalue weighted by atomic mass is 9.81. The quantitative estimate of drug-likeness (QED) is 0.736. The molecule has 1 heterocycles. The SMILES string of the molecule is COc1ccc(C2CC(=O)c3c(oc(C(=O)OC(C)C)c3C)C2)cc1OC. The lowest BCUT2D eigenvalue weighted by Gasteiger charge is -2.22. The van der Waals surface area contributed by atoms with Crippen LogP contribution >= 0.6 is 0 Å². The molecule has 0 amide bonds. The maximum Gasteiger partial charge on any atom is 0.374 e. The highest BCUT2D eigenvalue weighted by atomic mass is 16.6.